The van der Waals surface area contributed by atoms with Crippen LogP contribution < -0.4 is 5.32 Å². The third kappa shape index (κ3) is 6.19. The average Bonchev–Trinajstić information content (AvgIpc) is 2.44. The van der Waals surface area contributed by atoms with Crippen LogP contribution in [0.1, 0.15) is 52.6 Å². The Balaban J connectivity index is 2.67. The molecule has 0 aliphatic carbocycles. The van der Waals surface area contributed by atoms with E-state index in [4.69, 9.17) is 0 Å². The lowest BCUT2D eigenvalue weighted by Gasteiger charge is -2.33. The quantitative estimate of drug-likeness (QED) is 0.728. The summed E-state index contributed by atoms with van der Waals surface area (Å²) >= 11 is 0. The van der Waals surface area contributed by atoms with E-state index < -0.39 is 0 Å². The molecule has 0 aliphatic rings. The minimum atomic E-state index is 0.435. The van der Waals surface area contributed by atoms with Crippen molar-refractivity contribution < 1.29 is 0 Å². The van der Waals surface area contributed by atoms with E-state index in [9.17, 15) is 0 Å². The highest BCUT2D eigenvalue weighted by molar-refractivity contribution is 5.19. The second kappa shape index (κ2) is 9.22. The summed E-state index contributed by atoms with van der Waals surface area (Å²) in [6, 6.07) is 11.9. The molecular weight excluding hydrogens is 256 g/mol. The van der Waals surface area contributed by atoms with Crippen LogP contribution in [0.15, 0.2) is 30.3 Å². The topological polar surface area (TPSA) is 15.3 Å². The largest absolute Gasteiger partial charge is 0.310 e. The first kappa shape index (κ1) is 18.2. The van der Waals surface area contributed by atoms with Gasteiger partial charge in [0, 0.05) is 18.6 Å². The third-order valence-corrected chi connectivity index (χ3v) is 4.29. The van der Waals surface area contributed by atoms with Crippen molar-refractivity contribution in [3.05, 3.63) is 35.9 Å². The van der Waals surface area contributed by atoms with Crippen LogP contribution in [0, 0.1) is 11.8 Å². The molecule has 1 aromatic rings. The van der Waals surface area contributed by atoms with Gasteiger partial charge in [-0.2, -0.15) is 0 Å². The molecule has 1 aromatic carbocycles. The van der Waals surface area contributed by atoms with Crippen molar-refractivity contribution in [1.29, 1.82) is 0 Å². The monoisotopic (exact) mass is 290 g/mol. The van der Waals surface area contributed by atoms with Crippen molar-refractivity contribution in [2.24, 2.45) is 11.8 Å². The summed E-state index contributed by atoms with van der Waals surface area (Å²) in [5, 5.41) is 3.66. The van der Waals surface area contributed by atoms with Gasteiger partial charge in [0.2, 0.25) is 0 Å². The highest BCUT2D eigenvalue weighted by atomic mass is 15.1. The summed E-state index contributed by atoms with van der Waals surface area (Å²) in [5.41, 5.74) is 1.40. The van der Waals surface area contributed by atoms with Gasteiger partial charge in [-0.1, -0.05) is 58.0 Å². The molecule has 0 aliphatic heterocycles. The molecule has 0 heterocycles. The highest BCUT2D eigenvalue weighted by Gasteiger charge is 2.21. The van der Waals surface area contributed by atoms with Crippen LogP contribution in [0.2, 0.25) is 0 Å². The normalized spacial score (nSPS) is 16.2. The van der Waals surface area contributed by atoms with E-state index in [1.54, 1.807) is 0 Å². The fourth-order valence-electron chi connectivity index (χ4n) is 3.13. The van der Waals surface area contributed by atoms with Gasteiger partial charge in [-0.3, -0.25) is 0 Å². The van der Waals surface area contributed by atoms with Gasteiger partial charge >= 0.3 is 0 Å². The molecule has 2 nitrogen and oxygen atoms in total. The Kier molecular flexibility index (Phi) is 7.98. The Morgan fingerprint density at radius 3 is 2.19 bits per heavy atom. The molecule has 0 amide bonds. The number of benzene rings is 1. The first-order chi connectivity index (χ1) is 9.95. The van der Waals surface area contributed by atoms with Crippen LogP contribution in [-0.2, 0) is 0 Å². The number of nitrogens with one attached hydrogen (secondary N) is 1. The van der Waals surface area contributed by atoms with Crippen LogP contribution in [0.4, 0.5) is 0 Å². The Morgan fingerprint density at radius 2 is 1.67 bits per heavy atom. The summed E-state index contributed by atoms with van der Waals surface area (Å²) < 4.78 is 0. The zero-order valence-electron chi connectivity index (χ0n) is 14.8. The van der Waals surface area contributed by atoms with Gasteiger partial charge in [-0.05, 0) is 44.3 Å². The zero-order chi connectivity index (χ0) is 15.8. The molecule has 0 spiro atoms. The fraction of sp³-hybridized carbons (Fsp3) is 0.684. The van der Waals surface area contributed by atoms with Gasteiger partial charge in [0.25, 0.3) is 0 Å². The van der Waals surface area contributed by atoms with Crippen LogP contribution in [-0.4, -0.2) is 31.1 Å². The first-order valence-corrected chi connectivity index (χ1v) is 8.44. The fourth-order valence-corrected chi connectivity index (χ4v) is 3.13. The number of hydrogen-bond acceptors (Lipinski definition) is 2. The second-order valence-electron chi connectivity index (χ2n) is 6.84. The van der Waals surface area contributed by atoms with Gasteiger partial charge in [0.15, 0.2) is 0 Å². The van der Waals surface area contributed by atoms with Crippen LogP contribution >= 0.6 is 0 Å². The van der Waals surface area contributed by atoms with Crippen LogP contribution in [0.5, 0.6) is 0 Å². The predicted octanol–water partition coefficient (Wildman–Crippen LogP) is 4.34. The van der Waals surface area contributed by atoms with Crippen molar-refractivity contribution >= 4 is 0 Å². The molecule has 1 N–H and O–H groups in total. The van der Waals surface area contributed by atoms with E-state index in [0.29, 0.717) is 18.0 Å². The highest BCUT2D eigenvalue weighted by Crippen LogP contribution is 2.23. The molecule has 0 bridgehead atoms. The van der Waals surface area contributed by atoms with Gasteiger partial charge in [-0.15, -0.1) is 0 Å². The summed E-state index contributed by atoms with van der Waals surface area (Å²) in [7, 11) is 2.26. The molecule has 0 saturated carbocycles. The van der Waals surface area contributed by atoms with E-state index in [-0.39, 0.29) is 0 Å². The Hall–Kier alpha value is -0.860. The van der Waals surface area contributed by atoms with E-state index in [1.165, 1.54) is 12.0 Å². The molecular formula is C19H34N2. The molecule has 3 atom stereocenters. The van der Waals surface area contributed by atoms with Gasteiger partial charge in [0.05, 0.1) is 0 Å². The van der Waals surface area contributed by atoms with Gasteiger partial charge in [0.1, 0.15) is 0 Å². The SMILES string of the molecule is CCNC(c1ccccc1)C(C)CN(C)C(C)CC(C)C. The number of nitrogens with zero attached hydrogens (tertiary/aromatic N) is 1. The molecule has 1 rings (SSSR count). The second-order valence-corrected chi connectivity index (χ2v) is 6.84. The molecule has 0 saturated heterocycles. The minimum absolute atomic E-state index is 0.435. The van der Waals surface area contributed by atoms with Gasteiger partial charge in [-0.25, -0.2) is 0 Å². The van der Waals surface area contributed by atoms with Crippen molar-refractivity contribution in [2.45, 2.75) is 53.1 Å². The van der Waals surface area contributed by atoms with Gasteiger partial charge < -0.3 is 10.2 Å². The third-order valence-electron chi connectivity index (χ3n) is 4.29. The van der Waals surface area contributed by atoms with E-state index in [0.717, 1.165) is 19.0 Å². The zero-order valence-corrected chi connectivity index (χ0v) is 14.8. The molecule has 0 radical (unpaired) electrons. The Bertz CT molecular complexity index is 374. The van der Waals surface area contributed by atoms with E-state index >= 15 is 0 Å². The van der Waals surface area contributed by atoms with Crippen molar-refractivity contribution in [2.75, 3.05) is 20.1 Å². The van der Waals surface area contributed by atoms with Crippen molar-refractivity contribution in [3.63, 3.8) is 0 Å². The minimum Gasteiger partial charge on any atom is -0.310 e. The molecule has 3 unspecified atom stereocenters. The van der Waals surface area contributed by atoms with E-state index in [1.807, 2.05) is 0 Å². The molecule has 0 fully saturated rings. The molecule has 2 heteroatoms. The molecule has 0 aromatic heterocycles. The first-order valence-electron chi connectivity index (χ1n) is 8.44. The summed E-state index contributed by atoms with van der Waals surface area (Å²) in [5.74, 6) is 1.35. The lowest BCUT2D eigenvalue weighted by molar-refractivity contribution is 0.182. The average molecular weight is 290 g/mol. The number of rotatable bonds is 9. The Labute approximate surface area is 131 Å². The summed E-state index contributed by atoms with van der Waals surface area (Å²) in [6.07, 6.45) is 1.26. The Morgan fingerprint density at radius 1 is 1.05 bits per heavy atom. The maximum Gasteiger partial charge on any atom is 0.0358 e. The summed E-state index contributed by atoms with van der Waals surface area (Å²) in [4.78, 5) is 2.51. The molecule has 120 valence electrons. The standard InChI is InChI=1S/C19H34N2/c1-7-20-19(18-11-9-8-10-12-18)16(4)14-21(6)17(5)13-15(2)3/h8-12,15-17,19-20H,7,13-14H2,1-6H3. The van der Waals surface area contributed by atoms with E-state index in [2.05, 4.69) is 82.2 Å². The lowest BCUT2D eigenvalue weighted by atomic mass is 9.93. The van der Waals surface area contributed by atoms with Crippen molar-refractivity contribution in [1.82, 2.24) is 10.2 Å². The van der Waals surface area contributed by atoms with Crippen LogP contribution in [0.25, 0.3) is 0 Å². The smallest absolute Gasteiger partial charge is 0.0358 e. The lowest BCUT2D eigenvalue weighted by Crippen LogP contribution is -2.38. The predicted molar refractivity (Wildman–Crippen MR) is 93.6 cm³/mol. The maximum absolute atomic E-state index is 3.66. The number of hydrogen-bond donors (Lipinski definition) is 1. The maximum atomic E-state index is 3.66. The van der Waals surface area contributed by atoms with Crippen molar-refractivity contribution in [3.8, 4) is 0 Å². The molecule has 21 heavy (non-hydrogen) atoms. The summed E-state index contributed by atoms with van der Waals surface area (Å²) in [6.45, 7) is 13.6. The van der Waals surface area contributed by atoms with Crippen LogP contribution in [0.3, 0.4) is 0 Å².